The van der Waals surface area contributed by atoms with Gasteiger partial charge in [-0.1, -0.05) is 237 Å². The summed E-state index contributed by atoms with van der Waals surface area (Å²) in [4.78, 5) is 3.78. The molecule has 0 aliphatic carbocycles. The van der Waals surface area contributed by atoms with E-state index in [2.05, 4.69) is 58.8 Å². The summed E-state index contributed by atoms with van der Waals surface area (Å²) in [6.45, 7) is 3.83. The standard InChI is InChI=1S/C46H34O2.C6H6.C5H5N.C4H9NO/c47-45(35-19-5-1-6-20-35,36-21-7-2-8-22-36)41-31-29-33-17-13-15-27-39(33)43(41)44-40-28-16-14-18-34(40)30-32-42(44)46(48,37-23-9-3-10-24-37)38-25-11-4-12-26-38;2*1-2-4-6-5-3-1;1-3-6-4-2-5-1/h1-32,47-48H;1-6H;1-5H;5H,1-4H2. The van der Waals surface area contributed by atoms with Crippen LogP contribution in [0.25, 0.3) is 32.7 Å². The second kappa shape index (κ2) is 22.4. The minimum absolute atomic E-state index is 0.736. The Kier molecular flexibility index (Phi) is 15.3. The first-order chi connectivity index (χ1) is 32.6. The van der Waals surface area contributed by atoms with Gasteiger partial charge in [0, 0.05) is 36.6 Å². The van der Waals surface area contributed by atoms with Crippen LogP contribution in [0.2, 0.25) is 0 Å². The number of nitrogens with one attached hydrogen (secondary N) is 1. The SMILES string of the molecule is C1COCCN1.OC(c1ccccc1)(c1ccccc1)c1ccc2ccccc2c1-c1c(C(O)(c2ccccc2)c2ccccc2)ccc2ccccc12.c1ccccc1.c1ccncc1. The van der Waals surface area contributed by atoms with Gasteiger partial charge in [-0.15, -0.1) is 0 Å². The summed E-state index contributed by atoms with van der Waals surface area (Å²) in [7, 11) is 0. The van der Waals surface area contributed by atoms with Gasteiger partial charge in [0.15, 0.2) is 0 Å². The number of morpholine rings is 1. The Hall–Kier alpha value is -7.51. The van der Waals surface area contributed by atoms with Crippen molar-refractivity contribution in [2.75, 3.05) is 26.3 Å². The molecule has 0 unspecified atom stereocenters. The Morgan fingerprint density at radius 1 is 0.348 bits per heavy atom. The Bertz CT molecular complexity index is 2640. The number of nitrogens with zero attached hydrogens (tertiary/aromatic N) is 1. The van der Waals surface area contributed by atoms with Gasteiger partial charge >= 0.3 is 0 Å². The van der Waals surface area contributed by atoms with E-state index in [9.17, 15) is 10.2 Å². The fourth-order valence-corrected chi connectivity index (χ4v) is 8.57. The summed E-state index contributed by atoms with van der Waals surface area (Å²) in [5.41, 5.74) is 3.22. The van der Waals surface area contributed by atoms with Gasteiger partial charge < -0.3 is 20.3 Å². The maximum Gasteiger partial charge on any atom is 0.141 e. The number of aromatic nitrogens is 1. The Balaban J connectivity index is 0.000000272. The average Bonchev–Trinajstić information content (AvgIpc) is 3.43. The zero-order valence-corrected chi connectivity index (χ0v) is 36.9. The molecule has 326 valence electrons. The van der Waals surface area contributed by atoms with Gasteiger partial charge in [-0.3, -0.25) is 4.98 Å². The topological polar surface area (TPSA) is 74.6 Å². The highest BCUT2D eigenvalue weighted by molar-refractivity contribution is 6.09. The molecule has 0 atom stereocenters. The van der Waals surface area contributed by atoms with Crippen LogP contribution in [-0.2, 0) is 15.9 Å². The summed E-state index contributed by atoms with van der Waals surface area (Å²) in [5, 5.41) is 33.9. The molecule has 0 amide bonds. The summed E-state index contributed by atoms with van der Waals surface area (Å²) in [5.74, 6) is 0. The van der Waals surface area contributed by atoms with Crippen LogP contribution in [-0.4, -0.2) is 41.5 Å². The highest BCUT2D eigenvalue weighted by Crippen LogP contribution is 2.50. The van der Waals surface area contributed by atoms with Crippen molar-refractivity contribution >= 4 is 21.5 Å². The molecule has 5 heteroatoms. The quantitative estimate of drug-likeness (QED) is 0.139. The van der Waals surface area contributed by atoms with E-state index in [1.807, 2.05) is 200 Å². The van der Waals surface area contributed by atoms with Gasteiger partial charge in [-0.2, -0.15) is 0 Å². The summed E-state index contributed by atoms with van der Waals surface area (Å²) in [6.07, 6.45) is 3.50. The first-order valence-electron chi connectivity index (χ1n) is 22.5. The van der Waals surface area contributed by atoms with Gasteiger partial charge in [0.1, 0.15) is 11.2 Å². The highest BCUT2D eigenvalue weighted by Gasteiger charge is 2.41. The lowest BCUT2D eigenvalue weighted by Gasteiger charge is -2.36. The van der Waals surface area contributed by atoms with Crippen molar-refractivity contribution in [3.63, 3.8) is 0 Å². The number of ether oxygens (including phenoxy) is 1. The smallest absolute Gasteiger partial charge is 0.141 e. The predicted octanol–water partition coefficient (Wildman–Crippen LogP) is 12.6. The molecule has 1 aromatic heterocycles. The summed E-state index contributed by atoms with van der Waals surface area (Å²) >= 11 is 0. The zero-order valence-electron chi connectivity index (χ0n) is 36.9. The number of hydrogen-bond donors (Lipinski definition) is 3. The lowest BCUT2D eigenvalue weighted by molar-refractivity contribution is 0.109. The first-order valence-corrected chi connectivity index (χ1v) is 22.5. The van der Waals surface area contributed by atoms with Crippen LogP contribution in [0.1, 0.15) is 33.4 Å². The van der Waals surface area contributed by atoms with Crippen molar-refractivity contribution in [3.05, 3.63) is 294 Å². The lowest BCUT2D eigenvalue weighted by Crippen LogP contribution is -2.31. The summed E-state index contributed by atoms with van der Waals surface area (Å²) < 4.78 is 5.01. The molecule has 0 spiro atoms. The van der Waals surface area contributed by atoms with Crippen molar-refractivity contribution in [2.24, 2.45) is 0 Å². The molecular formula is C61H54N2O3. The van der Waals surface area contributed by atoms with Crippen molar-refractivity contribution < 1.29 is 14.9 Å². The van der Waals surface area contributed by atoms with Gasteiger partial charge in [-0.05, 0) is 67.1 Å². The average molecular weight is 863 g/mol. The molecule has 66 heavy (non-hydrogen) atoms. The van der Waals surface area contributed by atoms with Gasteiger partial charge in [0.2, 0.25) is 0 Å². The van der Waals surface area contributed by atoms with Crippen LogP contribution in [0.4, 0.5) is 0 Å². The van der Waals surface area contributed by atoms with Crippen molar-refractivity contribution in [1.82, 2.24) is 10.3 Å². The molecule has 9 aromatic carbocycles. The largest absolute Gasteiger partial charge is 0.379 e. The molecule has 1 fully saturated rings. The van der Waals surface area contributed by atoms with Crippen LogP contribution in [0.3, 0.4) is 0 Å². The highest BCUT2D eigenvalue weighted by atomic mass is 16.5. The van der Waals surface area contributed by atoms with Gasteiger partial charge in [0.25, 0.3) is 0 Å². The maximum atomic E-state index is 13.4. The minimum Gasteiger partial charge on any atom is -0.379 e. The Morgan fingerprint density at radius 2 is 0.652 bits per heavy atom. The third kappa shape index (κ3) is 10.2. The number of rotatable bonds is 7. The van der Waals surface area contributed by atoms with E-state index in [0.717, 1.165) is 92.4 Å². The minimum atomic E-state index is -1.52. The third-order valence-electron chi connectivity index (χ3n) is 11.7. The fourth-order valence-electron chi connectivity index (χ4n) is 8.57. The number of hydrogen-bond acceptors (Lipinski definition) is 5. The van der Waals surface area contributed by atoms with Gasteiger partial charge in [0.05, 0.1) is 13.2 Å². The molecule has 11 rings (SSSR count). The van der Waals surface area contributed by atoms with Crippen molar-refractivity contribution in [2.45, 2.75) is 11.2 Å². The monoisotopic (exact) mass is 862 g/mol. The number of fused-ring (bicyclic) bond motifs is 2. The molecule has 2 heterocycles. The molecule has 5 nitrogen and oxygen atoms in total. The second-order valence-corrected chi connectivity index (χ2v) is 15.8. The normalized spacial score (nSPS) is 12.3. The van der Waals surface area contributed by atoms with Crippen molar-refractivity contribution in [1.29, 1.82) is 0 Å². The van der Waals surface area contributed by atoms with E-state index in [0.29, 0.717) is 0 Å². The molecule has 10 aromatic rings. The second-order valence-electron chi connectivity index (χ2n) is 15.8. The predicted molar refractivity (Wildman–Crippen MR) is 271 cm³/mol. The number of aliphatic hydroxyl groups is 2. The van der Waals surface area contributed by atoms with E-state index < -0.39 is 11.2 Å². The van der Waals surface area contributed by atoms with Crippen molar-refractivity contribution in [3.8, 4) is 11.1 Å². The van der Waals surface area contributed by atoms with E-state index >= 15 is 0 Å². The third-order valence-corrected chi connectivity index (χ3v) is 11.7. The van der Waals surface area contributed by atoms with Crippen LogP contribution >= 0.6 is 0 Å². The molecule has 1 aliphatic heterocycles. The number of pyridine rings is 1. The van der Waals surface area contributed by atoms with Gasteiger partial charge in [-0.25, -0.2) is 0 Å². The molecule has 1 aliphatic rings. The van der Waals surface area contributed by atoms with E-state index in [-0.39, 0.29) is 0 Å². The Morgan fingerprint density at radius 3 is 0.924 bits per heavy atom. The molecule has 3 N–H and O–H groups in total. The van der Waals surface area contributed by atoms with E-state index in [1.54, 1.807) is 12.4 Å². The molecular weight excluding hydrogens is 809 g/mol. The summed E-state index contributed by atoms with van der Waals surface area (Å²) in [6, 6.07) is 82.2. The molecule has 0 bridgehead atoms. The lowest BCUT2D eigenvalue weighted by atomic mass is 9.71. The van der Waals surface area contributed by atoms with Crippen LogP contribution in [0.15, 0.2) is 261 Å². The van der Waals surface area contributed by atoms with E-state index in [4.69, 9.17) is 4.74 Å². The van der Waals surface area contributed by atoms with Crippen LogP contribution in [0, 0.1) is 0 Å². The van der Waals surface area contributed by atoms with Crippen LogP contribution < -0.4 is 5.32 Å². The van der Waals surface area contributed by atoms with E-state index in [1.165, 1.54) is 0 Å². The maximum absolute atomic E-state index is 13.4. The molecule has 1 saturated heterocycles. The first kappa shape index (κ1) is 45.1. The Labute approximate surface area is 388 Å². The van der Waals surface area contributed by atoms with Crippen LogP contribution in [0.5, 0.6) is 0 Å². The zero-order chi connectivity index (χ0) is 45.3. The molecule has 0 radical (unpaired) electrons. The fraction of sp³-hybridized carbons (Fsp3) is 0.0984. The number of benzene rings is 9. The molecule has 0 saturated carbocycles.